The summed E-state index contributed by atoms with van der Waals surface area (Å²) in [6.45, 7) is 0.224. The zero-order valence-corrected chi connectivity index (χ0v) is 10.9. The predicted octanol–water partition coefficient (Wildman–Crippen LogP) is 0.242. The lowest BCUT2D eigenvalue weighted by molar-refractivity contribution is -0.394. The van der Waals surface area contributed by atoms with Crippen LogP contribution < -0.4 is 5.32 Å². The first-order valence-corrected chi connectivity index (χ1v) is 5.86. The SMILES string of the molecule is O=C(NCCOCCO)c1cc([N+](=O)[O-])cc([N+](=O)[O-])c1. The fourth-order valence-corrected chi connectivity index (χ4v) is 1.44. The van der Waals surface area contributed by atoms with Crippen LogP contribution in [0.15, 0.2) is 18.2 Å². The van der Waals surface area contributed by atoms with E-state index in [1.165, 1.54) is 0 Å². The molecule has 114 valence electrons. The van der Waals surface area contributed by atoms with Crippen LogP contribution in [0.1, 0.15) is 10.4 Å². The highest BCUT2D eigenvalue weighted by atomic mass is 16.6. The van der Waals surface area contributed by atoms with Gasteiger partial charge in [0.05, 0.1) is 41.3 Å². The van der Waals surface area contributed by atoms with Crippen LogP contribution in [0.5, 0.6) is 0 Å². The Morgan fingerprint density at radius 2 is 1.71 bits per heavy atom. The molecule has 0 radical (unpaired) electrons. The number of hydrogen-bond donors (Lipinski definition) is 2. The second kappa shape index (κ2) is 7.87. The molecule has 0 aliphatic rings. The Kier molecular flexibility index (Phi) is 6.17. The summed E-state index contributed by atoms with van der Waals surface area (Å²) in [4.78, 5) is 31.5. The molecule has 0 unspecified atom stereocenters. The Morgan fingerprint density at radius 3 is 2.19 bits per heavy atom. The molecule has 10 nitrogen and oxygen atoms in total. The number of nitro benzene ring substituents is 2. The van der Waals surface area contributed by atoms with Gasteiger partial charge in [0.2, 0.25) is 0 Å². The molecule has 1 amide bonds. The van der Waals surface area contributed by atoms with Gasteiger partial charge in [-0.05, 0) is 0 Å². The number of ether oxygens (including phenoxy) is 1. The van der Waals surface area contributed by atoms with E-state index in [-0.39, 0.29) is 31.9 Å². The molecule has 1 aromatic rings. The van der Waals surface area contributed by atoms with E-state index in [2.05, 4.69) is 5.32 Å². The standard InChI is InChI=1S/C11H13N3O7/c15-2-4-21-3-1-12-11(16)8-5-9(13(17)18)7-10(6-8)14(19)20/h5-7,15H,1-4H2,(H,12,16). The third kappa shape index (κ3) is 5.12. The Bertz CT molecular complexity index is 514. The molecule has 21 heavy (non-hydrogen) atoms. The number of benzene rings is 1. The molecule has 0 saturated heterocycles. The fraction of sp³-hybridized carbons (Fsp3) is 0.364. The summed E-state index contributed by atoms with van der Waals surface area (Å²) in [5, 5.41) is 32.3. The van der Waals surface area contributed by atoms with Gasteiger partial charge in [-0.15, -0.1) is 0 Å². The molecule has 0 aliphatic carbocycles. The molecular formula is C11H13N3O7. The highest BCUT2D eigenvalue weighted by molar-refractivity contribution is 5.95. The van der Waals surface area contributed by atoms with Crippen LogP contribution in [0.4, 0.5) is 11.4 Å². The number of hydrogen-bond acceptors (Lipinski definition) is 7. The minimum atomic E-state index is -0.811. The van der Waals surface area contributed by atoms with Crippen LogP contribution in [-0.2, 0) is 4.74 Å². The lowest BCUT2D eigenvalue weighted by Gasteiger charge is -2.05. The van der Waals surface area contributed by atoms with Crippen molar-refractivity contribution in [3.05, 3.63) is 44.0 Å². The average molecular weight is 299 g/mol. The molecule has 0 fully saturated rings. The molecule has 2 N–H and O–H groups in total. The summed E-state index contributed by atoms with van der Waals surface area (Å²) in [6.07, 6.45) is 0. The lowest BCUT2D eigenvalue weighted by atomic mass is 10.1. The van der Waals surface area contributed by atoms with E-state index in [9.17, 15) is 25.0 Å². The van der Waals surface area contributed by atoms with Crippen molar-refractivity contribution >= 4 is 17.3 Å². The van der Waals surface area contributed by atoms with Crippen molar-refractivity contribution in [2.24, 2.45) is 0 Å². The van der Waals surface area contributed by atoms with E-state index in [4.69, 9.17) is 9.84 Å². The van der Waals surface area contributed by atoms with E-state index in [1.807, 2.05) is 0 Å². The predicted molar refractivity (Wildman–Crippen MR) is 70.0 cm³/mol. The van der Waals surface area contributed by atoms with Crippen molar-refractivity contribution in [3.63, 3.8) is 0 Å². The van der Waals surface area contributed by atoms with Gasteiger partial charge in [-0.25, -0.2) is 0 Å². The molecule has 0 spiro atoms. The van der Waals surface area contributed by atoms with Gasteiger partial charge in [0.15, 0.2) is 0 Å². The summed E-state index contributed by atoms with van der Waals surface area (Å²) in [7, 11) is 0. The van der Waals surface area contributed by atoms with Crippen LogP contribution >= 0.6 is 0 Å². The first-order chi connectivity index (χ1) is 9.95. The van der Waals surface area contributed by atoms with E-state index >= 15 is 0 Å². The van der Waals surface area contributed by atoms with Gasteiger partial charge in [0.25, 0.3) is 17.3 Å². The normalized spacial score (nSPS) is 10.1. The second-order valence-electron chi connectivity index (χ2n) is 3.84. The zero-order valence-electron chi connectivity index (χ0n) is 10.9. The smallest absolute Gasteiger partial charge is 0.277 e. The lowest BCUT2D eigenvalue weighted by Crippen LogP contribution is -2.27. The first-order valence-electron chi connectivity index (χ1n) is 5.86. The summed E-state index contributed by atoms with van der Waals surface area (Å²) in [5.41, 5.74) is -1.25. The Balaban J connectivity index is 2.78. The summed E-state index contributed by atoms with van der Waals surface area (Å²) in [6, 6.07) is 2.69. The Hall–Kier alpha value is -2.59. The van der Waals surface area contributed by atoms with E-state index in [1.54, 1.807) is 0 Å². The molecule has 1 rings (SSSR count). The number of amides is 1. The zero-order chi connectivity index (χ0) is 15.8. The molecule has 0 heterocycles. The molecule has 1 aromatic carbocycles. The van der Waals surface area contributed by atoms with E-state index in [0.29, 0.717) is 0 Å². The molecule has 0 saturated carbocycles. The van der Waals surface area contributed by atoms with Crippen LogP contribution in [0.3, 0.4) is 0 Å². The monoisotopic (exact) mass is 299 g/mol. The number of aliphatic hydroxyl groups is 1. The third-order valence-electron chi connectivity index (χ3n) is 2.35. The molecule has 0 atom stereocenters. The minimum absolute atomic E-state index is 0.106. The first kappa shape index (κ1) is 16.5. The van der Waals surface area contributed by atoms with Crippen LogP contribution in [0, 0.1) is 20.2 Å². The van der Waals surface area contributed by atoms with Gasteiger partial charge in [-0.2, -0.15) is 0 Å². The topological polar surface area (TPSA) is 145 Å². The van der Waals surface area contributed by atoms with Crippen LogP contribution in [-0.4, -0.2) is 47.2 Å². The number of aliphatic hydroxyl groups excluding tert-OH is 1. The summed E-state index contributed by atoms with van der Waals surface area (Å²) < 4.78 is 4.91. The van der Waals surface area contributed by atoms with Crippen LogP contribution in [0.2, 0.25) is 0 Å². The molecule has 10 heteroatoms. The van der Waals surface area contributed by atoms with Gasteiger partial charge in [-0.3, -0.25) is 25.0 Å². The molecular weight excluding hydrogens is 286 g/mol. The van der Waals surface area contributed by atoms with Crippen molar-refractivity contribution in [1.29, 1.82) is 0 Å². The van der Waals surface area contributed by atoms with Gasteiger partial charge < -0.3 is 15.2 Å². The number of carbonyl (C=O) groups is 1. The van der Waals surface area contributed by atoms with Gasteiger partial charge in [-0.1, -0.05) is 0 Å². The molecule has 0 aliphatic heterocycles. The number of rotatable bonds is 8. The van der Waals surface area contributed by atoms with Crippen molar-refractivity contribution in [2.75, 3.05) is 26.4 Å². The minimum Gasteiger partial charge on any atom is -0.394 e. The van der Waals surface area contributed by atoms with E-state index in [0.717, 1.165) is 18.2 Å². The Morgan fingerprint density at radius 1 is 1.14 bits per heavy atom. The average Bonchev–Trinajstić information content (AvgIpc) is 2.46. The molecule has 0 aromatic heterocycles. The quantitative estimate of drug-likeness (QED) is 0.397. The van der Waals surface area contributed by atoms with Gasteiger partial charge in [0, 0.05) is 18.7 Å². The van der Waals surface area contributed by atoms with E-state index < -0.39 is 27.1 Å². The number of non-ortho nitro benzene ring substituents is 2. The van der Waals surface area contributed by atoms with Crippen molar-refractivity contribution in [3.8, 4) is 0 Å². The highest BCUT2D eigenvalue weighted by Crippen LogP contribution is 2.22. The third-order valence-corrected chi connectivity index (χ3v) is 2.35. The fourth-order valence-electron chi connectivity index (χ4n) is 1.44. The number of carbonyl (C=O) groups excluding carboxylic acids is 1. The van der Waals surface area contributed by atoms with Crippen LogP contribution in [0.25, 0.3) is 0 Å². The van der Waals surface area contributed by atoms with Gasteiger partial charge >= 0.3 is 0 Å². The largest absolute Gasteiger partial charge is 0.394 e. The molecule has 0 bridgehead atoms. The number of nitrogens with one attached hydrogen (secondary N) is 1. The summed E-state index contributed by atoms with van der Waals surface area (Å²) in [5.74, 6) is -0.686. The maximum absolute atomic E-state index is 11.8. The maximum atomic E-state index is 11.8. The van der Waals surface area contributed by atoms with Crippen molar-refractivity contribution < 1.29 is 24.5 Å². The second-order valence-corrected chi connectivity index (χ2v) is 3.84. The highest BCUT2D eigenvalue weighted by Gasteiger charge is 2.19. The Labute approximate surface area is 118 Å². The summed E-state index contributed by atoms with van der Waals surface area (Å²) >= 11 is 0. The number of nitrogens with zero attached hydrogens (tertiary/aromatic N) is 2. The van der Waals surface area contributed by atoms with Crippen molar-refractivity contribution in [2.45, 2.75) is 0 Å². The number of nitro groups is 2. The maximum Gasteiger partial charge on any atom is 0.277 e. The van der Waals surface area contributed by atoms with Gasteiger partial charge in [0.1, 0.15) is 0 Å². The van der Waals surface area contributed by atoms with Crippen molar-refractivity contribution in [1.82, 2.24) is 5.32 Å².